The summed E-state index contributed by atoms with van der Waals surface area (Å²) in [6, 6.07) is 3.51. The van der Waals surface area contributed by atoms with Gasteiger partial charge < -0.3 is 15.4 Å². The smallest absolute Gasteiger partial charge is 0.260 e. The lowest BCUT2D eigenvalue weighted by atomic mass is 9.84. The van der Waals surface area contributed by atoms with E-state index in [1.807, 2.05) is 6.20 Å². The van der Waals surface area contributed by atoms with E-state index in [-0.39, 0.29) is 17.2 Å². The first kappa shape index (κ1) is 23.9. The number of fused-ring (bicyclic) bond motifs is 1. The number of likely N-dealkylation sites (tertiary alicyclic amines) is 1. The second kappa shape index (κ2) is 9.32. The van der Waals surface area contributed by atoms with E-state index in [1.54, 1.807) is 49.3 Å². The number of carbonyl (C=O) groups is 2. The third-order valence-corrected chi connectivity index (χ3v) is 7.14. The van der Waals surface area contributed by atoms with Crippen molar-refractivity contribution >= 4 is 39.4 Å². The maximum absolute atomic E-state index is 13.2. The average Bonchev–Trinajstić information content (AvgIpc) is 3.41. The number of thiazole rings is 1. The summed E-state index contributed by atoms with van der Waals surface area (Å²) in [6.45, 7) is 8.28. The summed E-state index contributed by atoms with van der Waals surface area (Å²) >= 11 is 1.42. The van der Waals surface area contributed by atoms with Crippen molar-refractivity contribution in [3.05, 3.63) is 54.4 Å². The fourth-order valence-electron chi connectivity index (χ4n) is 4.41. The van der Waals surface area contributed by atoms with Gasteiger partial charge >= 0.3 is 0 Å². The van der Waals surface area contributed by atoms with Gasteiger partial charge in [-0.05, 0) is 24.5 Å². The number of methoxy groups -OCH3 is 1. The average molecular weight is 506 g/mol. The maximum Gasteiger partial charge on any atom is 0.260 e. The Labute approximate surface area is 212 Å². The first-order chi connectivity index (χ1) is 17.2. The zero-order valence-electron chi connectivity index (χ0n) is 20.5. The van der Waals surface area contributed by atoms with E-state index >= 15 is 0 Å². The molecule has 5 rings (SSSR count). The maximum atomic E-state index is 13.2. The highest BCUT2D eigenvalue weighted by Gasteiger charge is 2.34. The Morgan fingerprint density at radius 2 is 2.00 bits per heavy atom. The highest BCUT2D eigenvalue weighted by atomic mass is 32.1. The van der Waals surface area contributed by atoms with Crippen LogP contribution in [0.15, 0.2) is 43.1 Å². The van der Waals surface area contributed by atoms with Gasteiger partial charge in [0.05, 0.1) is 59.1 Å². The van der Waals surface area contributed by atoms with Crippen LogP contribution < -0.4 is 15.4 Å². The van der Waals surface area contributed by atoms with E-state index in [9.17, 15) is 9.59 Å². The fraction of sp³-hybridized carbons (Fsp3) is 0.320. The lowest BCUT2D eigenvalue weighted by Gasteiger charge is -2.45. The zero-order chi connectivity index (χ0) is 25.4. The first-order valence-electron chi connectivity index (χ1n) is 11.5. The van der Waals surface area contributed by atoms with Gasteiger partial charge in [-0.2, -0.15) is 5.10 Å². The normalized spacial score (nSPS) is 14.9. The standard InChI is InChI=1S/C25H27N7O3S/c1-15-19(7-16(8-27-15)29-22(33)12-31-13-25(2,3)14-31)30-23(34)18-10-28-32-11-21(36-24(18)32)17-9-26-6-5-20(17)35-4/h5-11H,12-14H2,1-4H3,(H,29,33)(H,30,34). The van der Waals surface area contributed by atoms with Crippen molar-refractivity contribution in [3.8, 4) is 16.2 Å². The molecular weight excluding hydrogens is 478 g/mol. The molecule has 2 N–H and O–H groups in total. The van der Waals surface area contributed by atoms with Crippen LogP contribution in [0.2, 0.25) is 0 Å². The molecule has 0 bridgehead atoms. The third-order valence-electron chi connectivity index (χ3n) is 6.00. The summed E-state index contributed by atoms with van der Waals surface area (Å²) in [5, 5.41) is 10.1. The molecule has 1 aliphatic heterocycles. The molecule has 0 radical (unpaired) electrons. The van der Waals surface area contributed by atoms with Crippen molar-refractivity contribution < 1.29 is 14.3 Å². The molecule has 0 unspecified atom stereocenters. The lowest BCUT2D eigenvalue weighted by Crippen LogP contribution is -2.54. The largest absolute Gasteiger partial charge is 0.496 e. The number of rotatable bonds is 7. The van der Waals surface area contributed by atoms with Crippen molar-refractivity contribution in [3.63, 3.8) is 0 Å². The van der Waals surface area contributed by atoms with Crippen LogP contribution in [0.3, 0.4) is 0 Å². The molecule has 4 aromatic heterocycles. The topological polar surface area (TPSA) is 114 Å². The predicted molar refractivity (Wildman–Crippen MR) is 139 cm³/mol. The lowest BCUT2D eigenvalue weighted by molar-refractivity contribution is -0.120. The Morgan fingerprint density at radius 1 is 1.19 bits per heavy atom. The number of hydrogen-bond donors (Lipinski definition) is 2. The highest BCUT2D eigenvalue weighted by Crippen LogP contribution is 2.35. The van der Waals surface area contributed by atoms with Crippen LogP contribution in [0.25, 0.3) is 15.3 Å². The molecule has 10 nitrogen and oxygen atoms in total. The van der Waals surface area contributed by atoms with Gasteiger partial charge in [-0.15, -0.1) is 11.3 Å². The summed E-state index contributed by atoms with van der Waals surface area (Å²) in [5.41, 5.74) is 3.21. The Kier molecular flexibility index (Phi) is 6.19. The SMILES string of the molecule is COc1ccncc1-c1cn2ncc(C(=O)Nc3cc(NC(=O)CN4CC(C)(C)C4)cnc3C)c2s1. The van der Waals surface area contributed by atoms with E-state index in [1.165, 1.54) is 17.5 Å². The number of ether oxygens (including phenoxy) is 1. The van der Waals surface area contributed by atoms with E-state index in [0.717, 1.165) is 23.5 Å². The van der Waals surface area contributed by atoms with E-state index in [4.69, 9.17) is 4.74 Å². The van der Waals surface area contributed by atoms with Gasteiger partial charge in [0.2, 0.25) is 5.91 Å². The minimum atomic E-state index is -0.312. The molecule has 0 aromatic carbocycles. The molecule has 0 aliphatic carbocycles. The number of amides is 2. The first-order valence-corrected chi connectivity index (χ1v) is 12.3. The van der Waals surface area contributed by atoms with Crippen LogP contribution in [0.5, 0.6) is 5.75 Å². The Hall–Kier alpha value is -3.83. The van der Waals surface area contributed by atoms with Crippen molar-refractivity contribution in [1.29, 1.82) is 0 Å². The van der Waals surface area contributed by atoms with Gasteiger partial charge in [-0.1, -0.05) is 13.8 Å². The van der Waals surface area contributed by atoms with Crippen molar-refractivity contribution in [1.82, 2.24) is 24.5 Å². The Bertz CT molecular complexity index is 1450. The van der Waals surface area contributed by atoms with Crippen LogP contribution in [0.1, 0.15) is 29.9 Å². The minimum absolute atomic E-state index is 0.108. The molecule has 0 spiro atoms. The van der Waals surface area contributed by atoms with Crippen LogP contribution in [0.4, 0.5) is 11.4 Å². The van der Waals surface area contributed by atoms with Gasteiger partial charge in [-0.25, -0.2) is 4.52 Å². The summed E-state index contributed by atoms with van der Waals surface area (Å²) < 4.78 is 7.11. The zero-order valence-corrected chi connectivity index (χ0v) is 21.3. The molecule has 1 fully saturated rings. The molecule has 11 heteroatoms. The molecule has 36 heavy (non-hydrogen) atoms. The van der Waals surface area contributed by atoms with Crippen LogP contribution >= 0.6 is 11.3 Å². The molecule has 0 atom stereocenters. The van der Waals surface area contributed by atoms with Crippen molar-refractivity contribution in [2.45, 2.75) is 20.8 Å². The Morgan fingerprint density at radius 3 is 2.75 bits per heavy atom. The molecule has 2 amide bonds. The monoisotopic (exact) mass is 505 g/mol. The summed E-state index contributed by atoms with van der Waals surface area (Å²) in [6.07, 6.45) is 8.36. The molecular formula is C25H27N7O3S. The second-order valence-electron chi connectivity index (χ2n) is 9.65. The summed E-state index contributed by atoms with van der Waals surface area (Å²) in [4.78, 5) is 37.8. The van der Waals surface area contributed by atoms with Crippen molar-refractivity contribution in [2.75, 3.05) is 37.4 Å². The third kappa shape index (κ3) is 4.79. The number of nitrogens with zero attached hydrogens (tertiary/aromatic N) is 5. The summed E-state index contributed by atoms with van der Waals surface area (Å²) in [5.74, 6) is 0.273. The van der Waals surface area contributed by atoms with Gasteiger partial charge in [-0.3, -0.25) is 24.5 Å². The number of aryl methyl sites for hydroxylation is 1. The molecule has 0 saturated carbocycles. The highest BCUT2D eigenvalue weighted by molar-refractivity contribution is 7.21. The van der Waals surface area contributed by atoms with Gasteiger partial charge in [0, 0.05) is 31.7 Å². The van der Waals surface area contributed by atoms with E-state index < -0.39 is 0 Å². The molecule has 4 aromatic rings. The number of pyridine rings is 2. The number of nitrogens with one attached hydrogen (secondary N) is 2. The molecule has 1 aliphatic rings. The second-order valence-corrected chi connectivity index (χ2v) is 10.7. The predicted octanol–water partition coefficient (Wildman–Crippen LogP) is 3.70. The van der Waals surface area contributed by atoms with Gasteiger partial charge in [0.25, 0.3) is 5.91 Å². The quantitative estimate of drug-likeness (QED) is 0.394. The number of anilines is 2. The van der Waals surface area contributed by atoms with Gasteiger partial charge in [0.15, 0.2) is 0 Å². The molecule has 1 saturated heterocycles. The number of aromatic nitrogens is 4. The van der Waals surface area contributed by atoms with Gasteiger partial charge in [0.1, 0.15) is 10.6 Å². The van der Waals surface area contributed by atoms with Crippen molar-refractivity contribution in [2.24, 2.45) is 5.41 Å². The van der Waals surface area contributed by atoms with Crippen LogP contribution in [-0.2, 0) is 4.79 Å². The van der Waals surface area contributed by atoms with Crippen LogP contribution in [0, 0.1) is 12.3 Å². The molecule has 186 valence electrons. The number of carbonyl (C=O) groups excluding carboxylic acids is 2. The number of hydrogen-bond acceptors (Lipinski definition) is 8. The van der Waals surface area contributed by atoms with Crippen LogP contribution in [-0.4, -0.2) is 63.0 Å². The minimum Gasteiger partial charge on any atom is -0.496 e. The van der Waals surface area contributed by atoms with E-state index in [0.29, 0.717) is 39.8 Å². The molecule has 5 heterocycles. The van der Waals surface area contributed by atoms with E-state index in [2.05, 4.69) is 44.4 Å². The fourth-order valence-corrected chi connectivity index (χ4v) is 5.48. The summed E-state index contributed by atoms with van der Waals surface area (Å²) in [7, 11) is 1.61. The Balaban J connectivity index is 1.31.